The lowest BCUT2D eigenvalue weighted by Gasteiger charge is -2.29. The maximum absolute atomic E-state index is 14.1. The lowest BCUT2D eigenvalue weighted by Crippen LogP contribution is -2.48. The zero-order chi connectivity index (χ0) is 63.8. The van der Waals surface area contributed by atoms with Crippen LogP contribution in [0.4, 0.5) is 11.4 Å². The Balaban J connectivity index is 1.01. The Kier molecular flexibility index (Phi) is 19.3. The van der Waals surface area contributed by atoms with Crippen LogP contribution in [0.5, 0.6) is 5.75 Å². The number of hydroxylamine groups is 1. The number of methoxy groups -OCH3 is 1. The number of amides is 1. The zero-order valence-electron chi connectivity index (χ0n) is 49.5. The third kappa shape index (κ3) is 13.6. The first kappa shape index (κ1) is 65.8. The SMILES string of the molecule is CCN1C(=CC=CC=CC2=[N+](CCCCCC(=O)NCC[C@H](C(=O)ON)N(OC(C)C)S(=O)(=O)c3ccc(-c4ccc(OC)cc4)cc3)c3ccc4c(S(=O)(=O)[O-])cc(S(=O)(=O)[O-])cc4c3C2(C)C)C(C)(C)c2c1ccc1c(C)cc(S(=O)(=O)[O-])cc21. The molecule has 0 aromatic heterocycles. The topological polar surface area (TPSA) is 315 Å². The molecule has 8 rings (SSSR count). The van der Waals surface area contributed by atoms with Gasteiger partial charge in [-0.1, -0.05) is 66.9 Å². The number of rotatable bonds is 24. The Hall–Kier alpha value is -7.17. The van der Waals surface area contributed by atoms with Crippen LogP contribution < -0.4 is 20.9 Å². The van der Waals surface area contributed by atoms with E-state index in [2.05, 4.69) is 15.1 Å². The molecular formula is C62H69N5O16S4-2. The molecule has 0 saturated carbocycles. The molecule has 0 saturated heterocycles. The summed E-state index contributed by atoms with van der Waals surface area (Å²) in [4.78, 5) is 36.7. The molecule has 2 heterocycles. The average molecular weight is 1270 g/mol. The van der Waals surface area contributed by atoms with Crippen molar-refractivity contribution in [1.82, 2.24) is 9.79 Å². The van der Waals surface area contributed by atoms with E-state index in [9.17, 15) is 56.9 Å². The van der Waals surface area contributed by atoms with Crippen LogP contribution in [0.2, 0.25) is 0 Å². The predicted octanol–water partition coefficient (Wildman–Crippen LogP) is 8.76. The van der Waals surface area contributed by atoms with Crippen LogP contribution in [0.15, 0.2) is 153 Å². The summed E-state index contributed by atoms with van der Waals surface area (Å²) in [5.41, 5.74) is 4.85. The number of allylic oxidation sites excluding steroid dienone is 6. The highest BCUT2D eigenvalue weighted by atomic mass is 32.2. The van der Waals surface area contributed by atoms with Gasteiger partial charge in [0.15, 0.2) is 11.8 Å². The average Bonchev–Trinajstić information content (AvgIpc) is 1.73. The third-order valence-corrected chi connectivity index (χ3v) is 19.9. The van der Waals surface area contributed by atoms with E-state index in [1.807, 2.05) is 87.8 Å². The molecule has 87 heavy (non-hydrogen) atoms. The van der Waals surface area contributed by atoms with Crippen molar-refractivity contribution >= 4 is 90.9 Å². The summed E-state index contributed by atoms with van der Waals surface area (Å²) in [6, 6.07) is 23.0. The minimum Gasteiger partial charge on any atom is -0.744 e. The van der Waals surface area contributed by atoms with Crippen LogP contribution in [0.25, 0.3) is 32.7 Å². The predicted molar refractivity (Wildman–Crippen MR) is 326 cm³/mol. The van der Waals surface area contributed by atoms with Crippen molar-refractivity contribution in [3.63, 3.8) is 0 Å². The van der Waals surface area contributed by atoms with Crippen LogP contribution in [0.1, 0.15) is 97.3 Å². The van der Waals surface area contributed by atoms with E-state index in [-0.39, 0.29) is 39.9 Å². The molecule has 6 aromatic rings. The van der Waals surface area contributed by atoms with Gasteiger partial charge in [-0.2, -0.15) is 10.5 Å². The first-order chi connectivity index (χ1) is 40.8. The fourth-order valence-electron chi connectivity index (χ4n) is 11.7. The number of nitrogens with two attached hydrogens (primary N) is 1. The van der Waals surface area contributed by atoms with Crippen molar-refractivity contribution in [2.75, 3.05) is 31.6 Å². The van der Waals surface area contributed by atoms with Crippen LogP contribution in [0, 0.1) is 6.92 Å². The molecule has 1 atom stereocenters. The van der Waals surface area contributed by atoms with Gasteiger partial charge in [-0.25, -0.2) is 38.5 Å². The van der Waals surface area contributed by atoms with Crippen molar-refractivity contribution in [2.45, 2.75) is 130 Å². The molecule has 0 aliphatic carbocycles. The number of nitrogens with zero attached hydrogens (tertiary/aromatic N) is 3. The van der Waals surface area contributed by atoms with Gasteiger partial charge in [0.05, 0.1) is 38.2 Å². The van der Waals surface area contributed by atoms with E-state index in [0.29, 0.717) is 82.1 Å². The number of unbranched alkanes of at least 4 members (excludes halogenated alkanes) is 2. The van der Waals surface area contributed by atoms with Crippen molar-refractivity contribution < 1.29 is 75.9 Å². The number of hydrogen-bond acceptors (Lipinski definition) is 18. The van der Waals surface area contributed by atoms with Gasteiger partial charge in [0.25, 0.3) is 10.0 Å². The van der Waals surface area contributed by atoms with Gasteiger partial charge in [-0.05, 0) is 166 Å². The Labute approximate surface area is 508 Å². The molecule has 3 N–H and O–H groups in total. The number of anilines is 1. The van der Waals surface area contributed by atoms with Crippen LogP contribution in [0.3, 0.4) is 0 Å². The molecule has 21 nitrogen and oxygen atoms in total. The van der Waals surface area contributed by atoms with Gasteiger partial charge in [-0.15, -0.1) is 0 Å². The Morgan fingerprint density at radius 1 is 0.713 bits per heavy atom. The second-order valence-electron chi connectivity index (χ2n) is 22.5. The van der Waals surface area contributed by atoms with E-state index < -0.39 is 85.0 Å². The third-order valence-electron chi connectivity index (χ3n) is 15.7. The summed E-state index contributed by atoms with van der Waals surface area (Å²) in [5.74, 6) is 4.44. The number of ether oxygens (including phenoxy) is 1. The molecule has 6 aromatic carbocycles. The number of fused-ring (bicyclic) bond motifs is 6. The lowest BCUT2D eigenvalue weighted by molar-refractivity contribution is -0.438. The Morgan fingerprint density at radius 3 is 1.91 bits per heavy atom. The monoisotopic (exact) mass is 1270 g/mol. The first-order valence-electron chi connectivity index (χ1n) is 27.9. The number of nitrogens with one attached hydrogen (secondary N) is 1. The highest BCUT2D eigenvalue weighted by Crippen LogP contribution is 2.52. The molecule has 1 amide bonds. The highest BCUT2D eigenvalue weighted by molar-refractivity contribution is 7.89. The van der Waals surface area contributed by atoms with Crippen molar-refractivity contribution in [1.29, 1.82) is 0 Å². The van der Waals surface area contributed by atoms with Gasteiger partial charge < -0.3 is 33.4 Å². The number of carbonyl (C=O) groups excluding carboxylic acids is 2. The molecule has 0 unspecified atom stereocenters. The molecule has 0 spiro atoms. The molecule has 464 valence electrons. The van der Waals surface area contributed by atoms with Gasteiger partial charge in [0.2, 0.25) is 11.6 Å². The Morgan fingerprint density at radius 2 is 1.32 bits per heavy atom. The minimum atomic E-state index is -5.29. The normalized spacial score (nSPS) is 16.0. The fourth-order valence-corrected chi connectivity index (χ4v) is 15.1. The minimum absolute atomic E-state index is 0.0374. The Bertz CT molecular complexity index is 4290. The summed E-state index contributed by atoms with van der Waals surface area (Å²) in [7, 11) is -18.3. The number of benzene rings is 6. The largest absolute Gasteiger partial charge is 0.744 e. The number of likely N-dealkylation sites (N-methyl/N-ethyl adjacent to an activating group) is 1. The summed E-state index contributed by atoms with van der Waals surface area (Å²) in [6.07, 6.45) is 9.68. The zero-order valence-corrected chi connectivity index (χ0v) is 52.8. The smallest absolute Gasteiger partial charge is 0.345 e. The van der Waals surface area contributed by atoms with Crippen LogP contribution in [-0.2, 0) is 70.5 Å². The molecule has 25 heteroatoms. The van der Waals surface area contributed by atoms with E-state index in [4.69, 9.17) is 15.5 Å². The maximum Gasteiger partial charge on any atom is 0.345 e. The number of aryl methyl sites for hydroxylation is 1. The highest BCUT2D eigenvalue weighted by Gasteiger charge is 2.46. The quantitative estimate of drug-likeness (QED) is 0.0188. The number of hydrogen-bond donors (Lipinski definition) is 2. The van der Waals surface area contributed by atoms with Crippen molar-refractivity contribution in [3.8, 4) is 16.9 Å². The molecule has 2 aliphatic rings. The second-order valence-corrected chi connectivity index (χ2v) is 28.4. The summed E-state index contributed by atoms with van der Waals surface area (Å²) >= 11 is 0. The second kappa shape index (κ2) is 25.5. The molecule has 0 bridgehead atoms. The van der Waals surface area contributed by atoms with Crippen LogP contribution >= 0.6 is 0 Å². The molecule has 0 radical (unpaired) electrons. The number of sulfonamides is 1. The first-order valence-corrected chi connectivity index (χ1v) is 33.6. The van der Waals surface area contributed by atoms with E-state index in [1.165, 1.54) is 30.3 Å². The number of carbonyl (C=O) groups is 2. The summed E-state index contributed by atoms with van der Waals surface area (Å²) < 4.78 is 148. The van der Waals surface area contributed by atoms with E-state index in [1.54, 1.807) is 64.3 Å². The molecule has 2 aliphatic heterocycles. The molecule has 0 fully saturated rings. The van der Waals surface area contributed by atoms with Gasteiger partial charge in [0.1, 0.15) is 42.6 Å². The summed E-state index contributed by atoms with van der Waals surface area (Å²) in [5, 5.41) is 4.24. The van der Waals surface area contributed by atoms with Crippen LogP contribution in [-0.4, -0.2) is 113 Å². The van der Waals surface area contributed by atoms with Gasteiger partial charge in [0, 0.05) is 65.8 Å². The summed E-state index contributed by atoms with van der Waals surface area (Å²) in [6.45, 7) is 15.4. The maximum atomic E-state index is 14.1. The van der Waals surface area contributed by atoms with E-state index in [0.717, 1.165) is 34.0 Å². The molecular weight excluding hydrogens is 1200 g/mol. The van der Waals surface area contributed by atoms with Crippen molar-refractivity contribution in [3.05, 3.63) is 150 Å². The lowest BCUT2D eigenvalue weighted by atomic mass is 9.79. The fraction of sp³-hybridized carbons (Fsp3) is 0.339. The van der Waals surface area contributed by atoms with Crippen molar-refractivity contribution in [2.24, 2.45) is 5.90 Å². The van der Waals surface area contributed by atoms with E-state index >= 15 is 0 Å². The van der Waals surface area contributed by atoms with Gasteiger partial charge >= 0.3 is 5.97 Å². The standard InChI is InChI=1S/C62H71N5O16S4/c1-10-65-51-30-28-47-40(4)35-45(85(72,73)74)36-49(47)58(51)61(5,6)55(65)17-13-11-14-18-56-62(7,8)59-50-37-46(86(75,76)77)38-54(87(78,79)80)48(50)29-31-52(59)66(56)34-16-12-15-19-57(68)64-33-32-53(60(69)82-63)67(83-39(2)3)84(70,71)44-26-22-42(23-27-44)41-20-24-43(81-9)25-21-41/h11,13-14,17-18,20-31,35-39,53H,10,12,15-16,19,32-34,63H2,1-9H3,(H3-,64,68,72,73,74,75,76,77,78,79,80)/p-2/t53-/m1/s1. The van der Waals surface area contributed by atoms with Gasteiger partial charge in [-0.3, -0.25) is 9.63 Å².